The van der Waals surface area contributed by atoms with Crippen molar-refractivity contribution in [2.24, 2.45) is 16.6 Å². The first-order valence-electron chi connectivity index (χ1n) is 9.69. The number of piperidine rings is 1. The smallest absolute Gasteiger partial charge is 0.306 e. The molecule has 0 aliphatic carbocycles. The van der Waals surface area contributed by atoms with Crippen molar-refractivity contribution in [2.75, 3.05) is 36.4 Å². The van der Waals surface area contributed by atoms with Gasteiger partial charge >= 0.3 is 5.97 Å². The van der Waals surface area contributed by atoms with Gasteiger partial charge in [-0.1, -0.05) is 6.07 Å². The molecular formula is C19H28N6O3. The number of guanidine groups is 1. The van der Waals surface area contributed by atoms with E-state index >= 15 is 0 Å². The largest absolute Gasteiger partial charge is 0.481 e. The van der Waals surface area contributed by atoms with Crippen LogP contribution >= 0.6 is 0 Å². The Kier molecular flexibility index (Phi) is 6.70. The molecule has 1 aromatic carbocycles. The van der Waals surface area contributed by atoms with Crippen molar-refractivity contribution in [3.63, 3.8) is 0 Å². The molecule has 2 heterocycles. The third-order valence-electron chi connectivity index (χ3n) is 4.96. The van der Waals surface area contributed by atoms with Gasteiger partial charge in [-0.3, -0.25) is 14.6 Å². The van der Waals surface area contributed by atoms with Crippen LogP contribution in [-0.2, 0) is 9.59 Å². The third-order valence-corrected chi connectivity index (χ3v) is 4.96. The van der Waals surface area contributed by atoms with E-state index in [-0.39, 0.29) is 18.2 Å². The predicted molar refractivity (Wildman–Crippen MR) is 108 cm³/mol. The number of nitrogens with zero attached hydrogens (tertiary/aromatic N) is 2. The molecule has 0 radical (unpaired) electrons. The highest BCUT2D eigenvalue weighted by Gasteiger charge is 2.26. The number of carbonyl (C=O) groups is 2. The Balaban J connectivity index is 1.52. The number of hydrogen-bond donors (Lipinski definition) is 5. The van der Waals surface area contributed by atoms with Crippen molar-refractivity contribution < 1.29 is 14.7 Å². The first-order chi connectivity index (χ1) is 13.5. The third kappa shape index (κ3) is 5.59. The van der Waals surface area contributed by atoms with Gasteiger partial charge in [-0.25, -0.2) is 0 Å². The summed E-state index contributed by atoms with van der Waals surface area (Å²) in [6.07, 6.45) is 1.34. The van der Waals surface area contributed by atoms with E-state index in [4.69, 9.17) is 10.8 Å². The van der Waals surface area contributed by atoms with E-state index in [2.05, 4.69) is 38.0 Å². The van der Waals surface area contributed by atoms with Crippen LogP contribution in [0.4, 0.5) is 11.4 Å². The Morgan fingerprint density at radius 2 is 2.14 bits per heavy atom. The lowest BCUT2D eigenvalue weighted by molar-refractivity contribution is -0.137. The van der Waals surface area contributed by atoms with E-state index in [1.165, 1.54) is 0 Å². The van der Waals surface area contributed by atoms with Crippen LogP contribution in [-0.4, -0.2) is 55.3 Å². The molecule has 2 aliphatic heterocycles. The number of amides is 1. The molecule has 6 N–H and O–H groups in total. The molecule has 1 amide bonds. The van der Waals surface area contributed by atoms with Gasteiger partial charge in [0.05, 0.1) is 12.6 Å². The summed E-state index contributed by atoms with van der Waals surface area (Å²) in [5.74, 6) is -0.523. The van der Waals surface area contributed by atoms with Crippen molar-refractivity contribution in [3.8, 4) is 0 Å². The Bertz CT molecular complexity index is 730. The summed E-state index contributed by atoms with van der Waals surface area (Å²) in [4.78, 5) is 29.6. The molecule has 3 rings (SSSR count). The topological polar surface area (TPSA) is 132 Å². The lowest BCUT2D eigenvalue weighted by atomic mass is 9.95. The van der Waals surface area contributed by atoms with Crippen molar-refractivity contribution in [3.05, 3.63) is 24.3 Å². The van der Waals surface area contributed by atoms with Gasteiger partial charge in [-0.05, 0) is 37.5 Å². The molecule has 9 heteroatoms. The Morgan fingerprint density at radius 1 is 1.36 bits per heavy atom. The van der Waals surface area contributed by atoms with E-state index in [0.717, 1.165) is 49.9 Å². The van der Waals surface area contributed by atoms with Crippen LogP contribution in [0, 0.1) is 5.92 Å². The molecule has 0 bridgehead atoms. The lowest BCUT2D eigenvalue weighted by Crippen LogP contribution is -2.48. The molecule has 28 heavy (non-hydrogen) atoms. The number of carboxylic acid groups (broad SMARTS) is 1. The highest BCUT2D eigenvalue weighted by atomic mass is 16.4. The number of carboxylic acids is 1. The van der Waals surface area contributed by atoms with E-state index in [0.29, 0.717) is 12.8 Å². The normalized spacial score (nSPS) is 18.6. The number of carbonyl (C=O) groups excluding carboxylic acids is 1. The summed E-state index contributed by atoms with van der Waals surface area (Å²) in [6.45, 7) is 3.28. The van der Waals surface area contributed by atoms with E-state index in [9.17, 15) is 9.59 Å². The summed E-state index contributed by atoms with van der Waals surface area (Å²) in [5.41, 5.74) is 7.73. The summed E-state index contributed by atoms with van der Waals surface area (Å²) in [7, 11) is 0. The standard InChI is InChI=1S/C19H28N6O3/c20-16(12-17(26)27)24-18(28)13-5-9-25(10-6-13)15-4-1-3-14(11-15)23-19-21-7-2-8-22-19/h1,3-4,11,13,16H,2,5-10,12,20H2,(H,24,28)(H,26,27)(H2,21,22,23). The average Bonchev–Trinajstić information content (AvgIpc) is 2.68. The molecule has 1 aromatic rings. The fraction of sp³-hybridized carbons (Fsp3) is 0.526. The molecule has 0 spiro atoms. The zero-order valence-electron chi connectivity index (χ0n) is 15.9. The Labute approximate surface area is 164 Å². The molecule has 2 aliphatic rings. The van der Waals surface area contributed by atoms with Crippen molar-refractivity contribution in [1.29, 1.82) is 0 Å². The number of nitrogens with one attached hydrogen (secondary N) is 3. The van der Waals surface area contributed by atoms with Crippen molar-refractivity contribution in [2.45, 2.75) is 31.8 Å². The highest BCUT2D eigenvalue weighted by Crippen LogP contribution is 2.25. The number of nitrogens with two attached hydrogens (primary N) is 1. The SMILES string of the molecule is NC(CC(=O)O)NC(=O)C1CCN(c2cccc(NC3=NCCCN3)c2)CC1. The van der Waals surface area contributed by atoms with Crippen LogP contribution in [0.15, 0.2) is 29.3 Å². The molecule has 1 fully saturated rings. The molecular weight excluding hydrogens is 360 g/mol. The molecule has 0 aromatic heterocycles. The highest BCUT2D eigenvalue weighted by molar-refractivity contribution is 5.94. The summed E-state index contributed by atoms with van der Waals surface area (Å²) in [6, 6.07) is 8.16. The number of hydrogen-bond acceptors (Lipinski definition) is 7. The number of rotatable bonds is 6. The number of benzene rings is 1. The minimum atomic E-state index is -1.02. The Morgan fingerprint density at radius 3 is 2.82 bits per heavy atom. The van der Waals surface area contributed by atoms with Gasteiger partial charge in [-0.2, -0.15) is 0 Å². The zero-order chi connectivity index (χ0) is 19.9. The van der Waals surface area contributed by atoms with Crippen LogP contribution in [0.5, 0.6) is 0 Å². The van der Waals surface area contributed by atoms with Gasteiger partial charge in [0.15, 0.2) is 5.96 Å². The maximum Gasteiger partial charge on any atom is 0.306 e. The molecule has 152 valence electrons. The summed E-state index contributed by atoms with van der Waals surface area (Å²) in [5, 5.41) is 17.9. The fourth-order valence-electron chi connectivity index (χ4n) is 3.47. The lowest BCUT2D eigenvalue weighted by Gasteiger charge is -2.33. The molecule has 1 atom stereocenters. The van der Waals surface area contributed by atoms with E-state index in [1.54, 1.807) is 0 Å². The maximum absolute atomic E-state index is 12.3. The van der Waals surface area contributed by atoms with E-state index in [1.807, 2.05) is 12.1 Å². The second-order valence-corrected chi connectivity index (χ2v) is 7.16. The first-order valence-corrected chi connectivity index (χ1v) is 9.69. The van der Waals surface area contributed by atoms with Gasteiger partial charge in [0.2, 0.25) is 5.91 Å². The van der Waals surface area contributed by atoms with Gasteiger partial charge in [0.1, 0.15) is 0 Å². The molecule has 0 saturated carbocycles. The van der Waals surface area contributed by atoms with Crippen LogP contribution < -0.4 is 26.6 Å². The van der Waals surface area contributed by atoms with E-state index < -0.39 is 12.1 Å². The molecule has 1 saturated heterocycles. The van der Waals surface area contributed by atoms with Crippen LogP contribution in [0.25, 0.3) is 0 Å². The van der Waals surface area contributed by atoms with Gasteiger partial charge in [0, 0.05) is 43.5 Å². The minimum Gasteiger partial charge on any atom is -0.481 e. The second-order valence-electron chi connectivity index (χ2n) is 7.16. The summed E-state index contributed by atoms with van der Waals surface area (Å²) < 4.78 is 0. The average molecular weight is 388 g/mol. The van der Waals surface area contributed by atoms with Crippen LogP contribution in [0.2, 0.25) is 0 Å². The first kappa shape index (κ1) is 19.9. The fourth-order valence-corrected chi connectivity index (χ4v) is 3.47. The maximum atomic E-state index is 12.3. The number of aliphatic carboxylic acids is 1. The number of anilines is 2. The van der Waals surface area contributed by atoms with Crippen LogP contribution in [0.1, 0.15) is 25.7 Å². The van der Waals surface area contributed by atoms with Gasteiger partial charge in [0.25, 0.3) is 0 Å². The Hall–Kier alpha value is -2.81. The van der Waals surface area contributed by atoms with Crippen molar-refractivity contribution in [1.82, 2.24) is 10.6 Å². The number of aliphatic imine (C=N–C) groups is 1. The zero-order valence-corrected chi connectivity index (χ0v) is 15.9. The quantitative estimate of drug-likeness (QED) is 0.449. The second kappa shape index (κ2) is 9.41. The van der Waals surface area contributed by atoms with Crippen molar-refractivity contribution >= 4 is 29.2 Å². The molecule has 9 nitrogen and oxygen atoms in total. The van der Waals surface area contributed by atoms with Gasteiger partial charge < -0.3 is 31.7 Å². The van der Waals surface area contributed by atoms with Gasteiger partial charge in [-0.15, -0.1) is 0 Å². The summed E-state index contributed by atoms with van der Waals surface area (Å²) >= 11 is 0. The predicted octanol–water partition coefficient (Wildman–Crippen LogP) is 0.540. The minimum absolute atomic E-state index is 0.141. The molecule has 1 unspecified atom stereocenters. The monoisotopic (exact) mass is 388 g/mol. The van der Waals surface area contributed by atoms with Crippen LogP contribution in [0.3, 0.4) is 0 Å².